The number of benzene rings is 8. The first-order valence-corrected chi connectivity index (χ1v) is 17.0. The van der Waals surface area contributed by atoms with Gasteiger partial charge in [-0.15, -0.1) is 0 Å². The zero-order chi connectivity index (χ0) is 33.3. The second-order valence-corrected chi connectivity index (χ2v) is 12.6. The van der Waals surface area contributed by atoms with E-state index in [1.807, 2.05) is 12.1 Å². The molecule has 1 aromatic heterocycles. The van der Waals surface area contributed by atoms with Gasteiger partial charge in [-0.3, -0.25) is 0 Å². The van der Waals surface area contributed by atoms with Crippen LogP contribution >= 0.6 is 0 Å². The van der Waals surface area contributed by atoms with Crippen molar-refractivity contribution < 1.29 is 4.42 Å². The number of fused-ring (bicyclic) bond motifs is 3. The third-order valence-corrected chi connectivity index (χ3v) is 9.50. The summed E-state index contributed by atoms with van der Waals surface area (Å²) in [4.78, 5) is 2.33. The van der Waals surface area contributed by atoms with Gasteiger partial charge in [0.2, 0.25) is 0 Å². The van der Waals surface area contributed by atoms with E-state index in [1.54, 1.807) is 0 Å². The normalized spacial score (nSPS) is 11.2. The lowest BCUT2D eigenvalue weighted by Crippen LogP contribution is -2.09. The molecule has 9 aromatic rings. The van der Waals surface area contributed by atoms with Crippen molar-refractivity contribution in [3.8, 4) is 44.5 Å². The second-order valence-electron chi connectivity index (χ2n) is 12.6. The summed E-state index contributed by atoms with van der Waals surface area (Å²) < 4.78 is 6.37. The lowest BCUT2D eigenvalue weighted by molar-refractivity contribution is 0.670. The summed E-state index contributed by atoms with van der Waals surface area (Å²) in [5.74, 6) is 0. The van der Waals surface area contributed by atoms with E-state index in [0.717, 1.165) is 61.3 Å². The van der Waals surface area contributed by atoms with E-state index in [4.69, 9.17) is 4.42 Å². The first-order chi connectivity index (χ1) is 24.8. The van der Waals surface area contributed by atoms with Crippen molar-refractivity contribution in [1.29, 1.82) is 0 Å². The van der Waals surface area contributed by atoms with Crippen molar-refractivity contribution >= 4 is 39.0 Å². The van der Waals surface area contributed by atoms with Crippen LogP contribution in [0.4, 0.5) is 17.1 Å². The Morgan fingerprint density at radius 1 is 0.300 bits per heavy atom. The minimum Gasteiger partial charge on any atom is -0.455 e. The number of para-hydroxylation sites is 2. The minimum atomic E-state index is 0.913. The average Bonchev–Trinajstić information content (AvgIpc) is 3.59. The van der Waals surface area contributed by atoms with Gasteiger partial charge in [-0.1, -0.05) is 152 Å². The van der Waals surface area contributed by atoms with E-state index in [0.29, 0.717) is 0 Å². The van der Waals surface area contributed by atoms with Gasteiger partial charge in [0, 0.05) is 33.4 Å². The number of rotatable bonds is 7. The zero-order valence-corrected chi connectivity index (χ0v) is 27.4. The molecule has 0 radical (unpaired) electrons. The first kappa shape index (κ1) is 29.5. The zero-order valence-electron chi connectivity index (χ0n) is 27.4. The first-order valence-electron chi connectivity index (χ1n) is 17.0. The van der Waals surface area contributed by atoms with Gasteiger partial charge in [-0.05, 0) is 87.5 Å². The molecule has 0 spiro atoms. The third kappa shape index (κ3) is 5.53. The molecule has 0 unspecified atom stereocenters. The van der Waals surface area contributed by atoms with E-state index in [1.165, 1.54) is 22.3 Å². The van der Waals surface area contributed by atoms with Crippen LogP contribution in [0.2, 0.25) is 0 Å². The number of furan rings is 1. The number of anilines is 3. The fraction of sp³-hybridized carbons (Fsp3) is 0. The van der Waals surface area contributed by atoms with Crippen LogP contribution in [-0.4, -0.2) is 0 Å². The van der Waals surface area contributed by atoms with E-state index < -0.39 is 0 Å². The average molecular weight is 640 g/mol. The van der Waals surface area contributed by atoms with Crippen LogP contribution in [0.1, 0.15) is 0 Å². The van der Waals surface area contributed by atoms with E-state index in [2.05, 4.69) is 193 Å². The maximum absolute atomic E-state index is 6.37. The molecule has 1 heterocycles. The van der Waals surface area contributed by atoms with Crippen LogP contribution in [0, 0.1) is 0 Å². The summed E-state index contributed by atoms with van der Waals surface area (Å²) >= 11 is 0. The second kappa shape index (κ2) is 12.8. The molecule has 0 N–H and O–H groups in total. The molecule has 9 rings (SSSR count). The fourth-order valence-corrected chi connectivity index (χ4v) is 6.96. The maximum atomic E-state index is 6.37. The Morgan fingerprint density at radius 2 is 0.720 bits per heavy atom. The molecule has 50 heavy (non-hydrogen) atoms. The van der Waals surface area contributed by atoms with E-state index in [9.17, 15) is 0 Å². The van der Waals surface area contributed by atoms with Gasteiger partial charge in [-0.2, -0.15) is 0 Å². The van der Waals surface area contributed by atoms with Crippen molar-refractivity contribution in [2.45, 2.75) is 0 Å². The van der Waals surface area contributed by atoms with E-state index >= 15 is 0 Å². The predicted molar refractivity (Wildman–Crippen MR) is 210 cm³/mol. The van der Waals surface area contributed by atoms with Crippen molar-refractivity contribution in [2.75, 3.05) is 4.90 Å². The molecule has 0 saturated carbocycles. The predicted octanol–water partition coefficient (Wildman–Crippen LogP) is 13.7. The summed E-state index contributed by atoms with van der Waals surface area (Å²) in [7, 11) is 0. The van der Waals surface area contributed by atoms with Crippen LogP contribution in [0.25, 0.3) is 66.4 Å². The van der Waals surface area contributed by atoms with Gasteiger partial charge < -0.3 is 9.32 Å². The molecular weight excluding hydrogens is 607 g/mol. The van der Waals surface area contributed by atoms with Gasteiger partial charge >= 0.3 is 0 Å². The van der Waals surface area contributed by atoms with Gasteiger partial charge in [-0.25, -0.2) is 0 Å². The Kier molecular flexibility index (Phi) is 7.53. The van der Waals surface area contributed by atoms with Crippen LogP contribution in [0.5, 0.6) is 0 Å². The Bertz CT molecular complexity index is 2470. The molecule has 2 nitrogen and oxygen atoms in total. The molecule has 0 amide bonds. The summed E-state index contributed by atoms with van der Waals surface area (Å²) in [5.41, 5.74) is 14.5. The van der Waals surface area contributed by atoms with Gasteiger partial charge in [0.1, 0.15) is 11.2 Å². The molecule has 236 valence electrons. The van der Waals surface area contributed by atoms with Crippen molar-refractivity contribution in [3.63, 3.8) is 0 Å². The monoisotopic (exact) mass is 639 g/mol. The summed E-state index contributed by atoms with van der Waals surface area (Å²) in [6.45, 7) is 0. The molecule has 0 aliphatic heterocycles. The SMILES string of the molecule is c1ccc(-c2ccc(N(c3ccc(-c4ccccc4)cc3)c3ccc(-c4cccc(-c5cccc6c5oc5ccccc56)c4)cc3)cc2)cc1. The standard InChI is InChI=1S/C48H33NO/c1-3-11-34(12-4-1)36-21-27-41(28-22-36)49(42-29-23-37(24-30-42)35-13-5-2-6-14-35)43-31-25-38(26-32-43)39-15-9-16-40(33-39)44-18-10-19-46-45-17-7-8-20-47(45)50-48(44)46/h1-33H. The molecule has 2 heteroatoms. The number of hydrogen-bond donors (Lipinski definition) is 0. The van der Waals surface area contributed by atoms with E-state index in [-0.39, 0.29) is 0 Å². The lowest BCUT2D eigenvalue weighted by Gasteiger charge is -2.26. The van der Waals surface area contributed by atoms with Crippen LogP contribution < -0.4 is 4.90 Å². The summed E-state index contributed by atoms with van der Waals surface area (Å²) in [6.07, 6.45) is 0. The van der Waals surface area contributed by atoms with Crippen molar-refractivity contribution in [3.05, 3.63) is 200 Å². The van der Waals surface area contributed by atoms with Crippen LogP contribution in [0.15, 0.2) is 205 Å². The minimum absolute atomic E-state index is 0.913. The largest absolute Gasteiger partial charge is 0.455 e. The van der Waals surface area contributed by atoms with Crippen LogP contribution in [-0.2, 0) is 0 Å². The molecule has 0 aliphatic rings. The quantitative estimate of drug-likeness (QED) is 0.173. The highest BCUT2D eigenvalue weighted by Crippen LogP contribution is 2.39. The highest BCUT2D eigenvalue weighted by atomic mass is 16.3. The molecule has 0 fully saturated rings. The summed E-state index contributed by atoms with van der Waals surface area (Å²) in [6, 6.07) is 71.0. The maximum Gasteiger partial charge on any atom is 0.143 e. The van der Waals surface area contributed by atoms with Gasteiger partial charge in [0.15, 0.2) is 0 Å². The smallest absolute Gasteiger partial charge is 0.143 e. The molecular formula is C48H33NO. The molecule has 0 bridgehead atoms. The third-order valence-electron chi connectivity index (χ3n) is 9.50. The van der Waals surface area contributed by atoms with Gasteiger partial charge in [0.05, 0.1) is 0 Å². The Morgan fingerprint density at radius 3 is 1.30 bits per heavy atom. The topological polar surface area (TPSA) is 16.4 Å². The van der Waals surface area contributed by atoms with Crippen molar-refractivity contribution in [2.24, 2.45) is 0 Å². The Balaban J connectivity index is 1.07. The number of nitrogens with zero attached hydrogens (tertiary/aromatic N) is 1. The van der Waals surface area contributed by atoms with Gasteiger partial charge in [0.25, 0.3) is 0 Å². The van der Waals surface area contributed by atoms with Crippen molar-refractivity contribution in [1.82, 2.24) is 0 Å². The highest BCUT2D eigenvalue weighted by molar-refractivity contribution is 6.09. The van der Waals surface area contributed by atoms with Crippen LogP contribution in [0.3, 0.4) is 0 Å². The molecule has 0 aliphatic carbocycles. The Hall–Kier alpha value is -6.64. The lowest BCUT2D eigenvalue weighted by atomic mass is 9.97. The summed E-state index contributed by atoms with van der Waals surface area (Å²) in [5, 5.41) is 2.28. The molecule has 0 saturated heterocycles. The fourth-order valence-electron chi connectivity index (χ4n) is 6.96. The number of hydrogen-bond acceptors (Lipinski definition) is 2. The Labute approximate surface area is 292 Å². The highest BCUT2D eigenvalue weighted by Gasteiger charge is 2.15. The molecule has 0 atom stereocenters. The molecule has 8 aromatic carbocycles.